The second-order valence-corrected chi connectivity index (χ2v) is 5.13. The molecule has 0 aliphatic carbocycles. The number of nitrogens with zero attached hydrogens (tertiary/aromatic N) is 1. The van der Waals surface area contributed by atoms with Crippen LogP contribution in [0.1, 0.15) is 19.4 Å². The first-order chi connectivity index (χ1) is 8.58. The maximum Gasteiger partial charge on any atom is 0.119 e. The van der Waals surface area contributed by atoms with Crippen molar-refractivity contribution in [3.05, 3.63) is 29.8 Å². The van der Waals surface area contributed by atoms with Crippen molar-refractivity contribution in [2.24, 2.45) is 11.7 Å². The molecule has 0 saturated carbocycles. The Balaban J connectivity index is 2.53. The summed E-state index contributed by atoms with van der Waals surface area (Å²) in [4.78, 5) is 2.35. The number of likely N-dealkylation sites (N-methyl/N-ethyl adjacent to an activating group) is 1. The van der Waals surface area contributed by atoms with Gasteiger partial charge in [-0.15, -0.1) is 0 Å². The van der Waals surface area contributed by atoms with Gasteiger partial charge in [0.25, 0.3) is 0 Å². The molecule has 18 heavy (non-hydrogen) atoms. The van der Waals surface area contributed by atoms with Crippen LogP contribution in [0.3, 0.4) is 0 Å². The molecule has 102 valence electrons. The Morgan fingerprint density at radius 3 is 2.61 bits per heavy atom. The zero-order chi connectivity index (χ0) is 13.5. The Morgan fingerprint density at radius 1 is 1.33 bits per heavy atom. The van der Waals surface area contributed by atoms with Crippen LogP contribution in [0.4, 0.5) is 0 Å². The van der Waals surface area contributed by atoms with Gasteiger partial charge in [0.1, 0.15) is 5.75 Å². The average Bonchev–Trinajstić information content (AvgIpc) is 2.37. The molecule has 3 heteroatoms. The van der Waals surface area contributed by atoms with Crippen LogP contribution in [0.15, 0.2) is 24.3 Å². The van der Waals surface area contributed by atoms with E-state index in [-0.39, 0.29) is 0 Å². The van der Waals surface area contributed by atoms with Gasteiger partial charge in [-0.3, -0.25) is 0 Å². The molecule has 0 bridgehead atoms. The fraction of sp³-hybridized carbons (Fsp3) is 0.600. The normalized spacial score (nSPS) is 13.1. The predicted octanol–water partition coefficient (Wildman–Crippen LogP) is 2.15. The standard InChI is InChI=1S/C15H26N2O/c1-12(2)15(11-16)17(3)9-8-13-6-5-7-14(10-13)18-4/h5-7,10,12,15H,8-9,11,16H2,1-4H3. The number of benzene rings is 1. The van der Waals surface area contributed by atoms with Gasteiger partial charge in [0.2, 0.25) is 0 Å². The quantitative estimate of drug-likeness (QED) is 0.806. The van der Waals surface area contributed by atoms with Crippen LogP contribution in [0.2, 0.25) is 0 Å². The molecule has 1 unspecified atom stereocenters. The van der Waals surface area contributed by atoms with Crippen LogP contribution in [0.5, 0.6) is 5.75 Å². The molecule has 0 aromatic heterocycles. The van der Waals surface area contributed by atoms with E-state index in [4.69, 9.17) is 10.5 Å². The van der Waals surface area contributed by atoms with E-state index in [1.54, 1.807) is 7.11 Å². The first kappa shape index (κ1) is 15.0. The Hall–Kier alpha value is -1.06. The summed E-state index contributed by atoms with van der Waals surface area (Å²) in [5.41, 5.74) is 7.13. The lowest BCUT2D eigenvalue weighted by Gasteiger charge is -2.30. The first-order valence-electron chi connectivity index (χ1n) is 6.61. The van der Waals surface area contributed by atoms with E-state index in [0.717, 1.165) is 18.7 Å². The highest BCUT2D eigenvalue weighted by Crippen LogP contribution is 2.14. The van der Waals surface area contributed by atoms with Crippen molar-refractivity contribution < 1.29 is 4.74 Å². The first-order valence-corrected chi connectivity index (χ1v) is 6.61. The van der Waals surface area contributed by atoms with Gasteiger partial charge >= 0.3 is 0 Å². The molecule has 0 saturated heterocycles. The maximum absolute atomic E-state index is 5.83. The zero-order valence-electron chi connectivity index (χ0n) is 12.0. The molecule has 2 N–H and O–H groups in total. The van der Waals surface area contributed by atoms with Gasteiger partial charge in [-0.1, -0.05) is 26.0 Å². The minimum absolute atomic E-state index is 0.454. The third-order valence-electron chi connectivity index (χ3n) is 3.46. The van der Waals surface area contributed by atoms with Crippen LogP contribution in [0, 0.1) is 5.92 Å². The summed E-state index contributed by atoms with van der Waals surface area (Å²) in [7, 11) is 3.85. The average molecular weight is 250 g/mol. The molecule has 0 aliphatic heterocycles. The molecular formula is C15H26N2O. The van der Waals surface area contributed by atoms with Crippen LogP contribution in [-0.4, -0.2) is 38.2 Å². The lowest BCUT2D eigenvalue weighted by atomic mass is 10.0. The summed E-state index contributed by atoms with van der Waals surface area (Å²) >= 11 is 0. The smallest absolute Gasteiger partial charge is 0.119 e. The monoisotopic (exact) mass is 250 g/mol. The van der Waals surface area contributed by atoms with Crippen molar-refractivity contribution in [1.29, 1.82) is 0 Å². The lowest BCUT2D eigenvalue weighted by molar-refractivity contribution is 0.199. The van der Waals surface area contributed by atoms with Crippen LogP contribution < -0.4 is 10.5 Å². The van der Waals surface area contributed by atoms with E-state index in [9.17, 15) is 0 Å². The molecule has 1 atom stereocenters. The second-order valence-electron chi connectivity index (χ2n) is 5.13. The Kier molecular flexibility index (Phi) is 6.16. The van der Waals surface area contributed by atoms with E-state index in [1.165, 1.54) is 5.56 Å². The highest BCUT2D eigenvalue weighted by Gasteiger charge is 2.16. The van der Waals surface area contributed by atoms with Crippen LogP contribution >= 0.6 is 0 Å². The van der Waals surface area contributed by atoms with Crippen molar-refractivity contribution in [3.8, 4) is 5.75 Å². The van der Waals surface area contributed by atoms with Gasteiger partial charge in [-0.2, -0.15) is 0 Å². The molecule has 0 amide bonds. The molecule has 1 aromatic rings. The number of hydrogen-bond acceptors (Lipinski definition) is 3. The summed E-state index contributed by atoms with van der Waals surface area (Å²) < 4.78 is 5.23. The lowest BCUT2D eigenvalue weighted by Crippen LogP contribution is -2.42. The van der Waals surface area contributed by atoms with Crippen LogP contribution in [-0.2, 0) is 6.42 Å². The molecule has 0 spiro atoms. The van der Waals surface area contributed by atoms with Gasteiger partial charge in [0.05, 0.1) is 7.11 Å². The molecule has 0 heterocycles. The molecule has 1 rings (SSSR count). The minimum Gasteiger partial charge on any atom is -0.497 e. The third kappa shape index (κ3) is 4.31. The molecule has 0 fully saturated rings. The number of hydrogen-bond donors (Lipinski definition) is 1. The van der Waals surface area contributed by atoms with Crippen molar-refractivity contribution in [1.82, 2.24) is 4.90 Å². The highest BCUT2D eigenvalue weighted by atomic mass is 16.5. The Morgan fingerprint density at radius 2 is 2.06 bits per heavy atom. The summed E-state index contributed by atoms with van der Waals surface area (Å²) in [5, 5.41) is 0. The number of methoxy groups -OCH3 is 1. The Labute approximate surface area is 111 Å². The maximum atomic E-state index is 5.83. The zero-order valence-corrected chi connectivity index (χ0v) is 12.0. The van der Waals surface area contributed by atoms with E-state index < -0.39 is 0 Å². The fourth-order valence-electron chi connectivity index (χ4n) is 2.26. The number of ether oxygens (including phenoxy) is 1. The second kappa shape index (κ2) is 7.39. The molecule has 0 aliphatic rings. The van der Waals surface area contributed by atoms with Gasteiger partial charge in [-0.25, -0.2) is 0 Å². The number of rotatable bonds is 7. The molecule has 0 radical (unpaired) electrons. The summed E-state index contributed by atoms with van der Waals surface area (Å²) in [6, 6.07) is 8.71. The van der Waals surface area contributed by atoms with Crippen molar-refractivity contribution in [2.45, 2.75) is 26.3 Å². The predicted molar refractivity (Wildman–Crippen MR) is 77.0 cm³/mol. The Bertz CT molecular complexity index is 352. The van der Waals surface area contributed by atoms with Gasteiger partial charge in [0.15, 0.2) is 0 Å². The van der Waals surface area contributed by atoms with E-state index in [1.807, 2.05) is 12.1 Å². The summed E-state index contributed by atoms with van der Waals surface area (Å²) in [6.45, 7) is 6.18. The molecule has 3 nitrogen and oxygen atoms in total. The van der Waals surface area contributed by atoms with Gasteiger partial charge in [-0.05, 0) is 37.1 Å². The van der Waals surface area contributed by atoms with Crippen molar-refractivity contribution in [3.63, 3.8) is 0 Å². The van der Waals surface area contributed by atoms with E-state index in [0.29, 0.717) is 18.5 Å². The number of nitrogens with two attached hydrogens (primary N) is 1. The van der Waals surface area contributed by atoms with E-state index in [2.05, 4.69) is 37.9 Å². The highest BCUT2D eigenvalue weighted by molar-refractivity contribution is 5.28. The fourth-order valence-corrected chi connectivity index (χ4v) is 2.26. The van der Waals surface area contributed by atoms with Gasteiger partial charge < -0.3 is 15.4 Å². The third-order valence-corrected chi connectivity index (χ3v) is 3.46. The largest absolute Gasteiger partial charge is 0.497 e. The van der Waals surface area contributed by atoms with Crippen molar-refractivity contribution >= 4 is 0 Å². The van der Waals surface area contributed by atoms with Crippen molar-refractivity contribution in [2.75, 3.05) is 27.2 Å². The topological polar surface area (TPSA) is 38.5 Å². The van der Waals surface area contributed by atoms with Crippen LogP contribution in [0.25, 0.3) is 0 Å². The van der Waals surface area contributed by atoms with E-state index >= 15 is 0 Å². The minimum atomic E-state index is 0.454. The SMILES string of the molecule is COc1cccc(CCN(C)C(CN)C(C)C)c1. The van der Waals surface area contributed by atoms with Gasteiger partial charge in [0, 0.05) is 19.1 Å². The molecular weight excluding hydrogens is 224 g/mol. The summed E-state index contributed by atoms with van der Waals surface area (Å²) in [5.74, 6) is 1.51. The molecule has 1 aromatic carbocycles. The summed E-state index contributed by atoms with van der Waals surface area (Å²) in [6.07, 6.45) is 1.02.